The largest absolute Gasteiger partial charge is 0.308 e. The van der Waals surface area contributed by atoms with Crippen LogP contribution in [-0.4, -0.2) is 14.6 Å². The Kier molecular flexibility index (Phi) is 1.44. The zero-order valence-electron chi connectivity index (χ0n) is 6.65. The average Bonchev–Trinajstić information content (AvgIpc) is 2.50. The molecule has 0 bridgehead atoms. The van der Waals surface area contributed by atoms with E-state index in [0.717, 1.165) is 17.0 Å². The van der Waals surface area contributed by atoms with E-state index in [1.807, 2.05) is 19.1 Å². The average molecular weight is 163 g/mol. The number of aromatic nitrogens is 3. The lowest BCUT2D eigenvalue weighted by Crippen LogP contribution is -2.11. The summed E-state index contributed by atoms with van der Waals surface area (Å²) in [6, 6.07) is 3.84. The minimum atomic E-state index is 0.738. The van der Waals surface area contributed by atoms with Gasteiger partial charge in [0.2, 0.25) is 0 Å². The topological polar surface area (TPSA) is 68.2 Å². The van der Waals surface area contributed by atoms with Gasteiger partial charge in [0, 0.05) is 0 Å². The molecule has 0 aliphatic rings. The van der Waals surface area contributed by atoms with Crippen molar-refractivity contribution in [3.05, 3.63) is 24.0 Å². The highest BCUT2D eigenvalue weighted by molar-refractivity contribution is 5.50. The molecule has 0 saturated heterocycles. The second-order valence-electron chi connectivity index (χ2n) is 2.59. The lowest BCUT2D eigenvalue weighted by molar-refractivity contribution is 0.953. The zero-order valence-corrected chi connectivity index (χ0v) is 6.65. The van der Waals surface area contributed by atoms with Crippen LogP contribution >= 0.6 is 0 Å². The van der Waals surface area contributed by atoms with E-state index in [2.05, 4.69) is 15.5 Å². The molecule has 0 atom stereocenters. The molecule has 0 aliphatic heterocycles. The Morgan fingerprint density at radius 3 is 3.08 bits per heavy atom. The molecule has 0 radical (unpaired) electrons. The third-order valence-corrected chi connectivity index (χ3v) is 1.67. The van der Waals surface area contributed by atoms with Crippen molar-refractivity contribution in [2.24, 2.45) is 5.84 Å². The molecule has 2 aromatic heterocycles. The summed E-state index contributed by atoms with van der Waals surface area (Å²) in [5, 5.41) is 3.99. The molecule has 3 N–H and O–H groups in total. The third kappa shape index (κ3) is 0.911. The highest BCUT2D eigenvalue weighted by Crippen LogP contribution is 2.11. The number of nitrogens with zero attached hydrogens (tertiary/aromatic N) is 3. The molecule has 2 aromatic rings. The fourth-order valence-electron chi connectivity index (χ4n) is 1.16. The molecule has 62 valence electrons. The monoisotopic (exact) mass is 163 g/mol. The van der Waals surface area contributed by atoms with Gasteiger partial charge in [-0.3, -0.25) is 0 Å². The normalized spacial score (nSPS) is 10.5. The van der Waals surface area contributed by atoms with Crippen molar-refractivity contribution in [2.75, 3.05) is 5.43 Å². The first kappa shape index (κ1) is 7.05. The maximum absolute atomic E-state index is 5.31. The number of fused-ring (bicyclic) bond motifs is 1. The fraction of sp³-hybridized carbons (Fsp3) is 0.143. The Morgan fingerprint density at radius 2 is 2.33 bits per heavy atom. The van der Waals surface area contributed by atoms with Crippen LogP contribution in [0, 0.1) is 6.92 Å². The smallest absolute Gasteiger partial charge is 0.157 e. The highest BCUT2D eigenvalue weighted by atomic mass is 15.4. The van der Waals surface area contributed by atoms with Crippen molar-refractivity contribution in [1.82, 2.24) is 14.6 Å². The van der Waals surface area contributed by atoms with Crippen LogP contribution in [0.4, 0.5) is 5.82 Å². The van der Waals surface area contributed by atoms with Gasteiger partial charge in [-0.25, -0.2) is 10.8 Å². The van der Waals surface area contributed by atoms with E-state index in [-0.39, 0.29) is 0 Å². The molecule has 12 heavy (non-hydrogen) atoms. The van der Waals surface area contributed by atoms with Gasteiger partial charge in [0.15, 0.2) is 5.65 Å². The summed E-state index contributed by atoms with van der Waals surface area (Å²) in [6.07, 6.45) is 1.50. The van der Waals surface area contributed by atoms with Crippen LogP contribution in [0.15, 0.2) is 18.5 Å². The van der Waals surface area contributed by atoms with Crippen LogP contribution in [0.5, 0.6) is 0 Å². The molecule has 0 unspecified atom stereocenters. The SMILES string of the molecule is Cc1cc(NN)n2ncnc2c1. The molecule has 0 saturated carbocycles. The molecule has 0 spiro atoms. The van der Waals surface area contributed by atoms with E-state index in [1.165, 1.54) is 6.33 Å². The van der Waals surface area contributed by atoms with Gasteiger partial charge in [0.1, 0.15) is 12.1 Å². The summed E-state index contributed by atoms with van der Waals surface area (Å²) in [5.41, 5.74) is 4.45. The van der Waals surface area contributed by atoms with Gasteiger partial charge in [-0.15, -0.1) is 0 Å². The van der Waals surface area contributed by atoms with Gasteiger partial charge in [0.25, 0.3) is 0 Å². The number of nitrogen functional groups attached to an aromatic ring is 1. The lowest BCUT2D eigenvalue weighted by Gasteiger charge is -2.03. The Morgan fingerprint density at radius 1 is 1.50 bits per heavy atom. The van der Waals surface area contributed by atoms with E-state index < -0.39 is 0 Å². The summed E-state index contributed by atoms with van der Waals surface area (Å²) in [7, 11) is 0. The summed E-state index contributed by atoms with van der Waals surface area (Å²) < 4.78 is 1.65. The minimum Gasteiger partial charge on any atom is -0.308 e. The Hall–Kier alpha value is -1.62. The molecule has 5 heteroatoms. The number of aryl methyl sites for hydroxylation is 1. The van der Waals surface area contributed by atoms with Crippen molar-refractivity contribution < 1.29 is 0 Å². The molecule has 0 fully saturated rings. The van der Waals surface area contributed by atoms with Crippen molar-refractivity contribution in [2.45, 2.75) is 6.92 Å². The predicted octanol–water partition coefficient (Wildman–Crippen LogP) is 0.323. The van der Waals surface area contributed by atoms with E-state index in [4.69, 9.17) is 5.84 Å². The molecular formula is C7H9N5. The first-order chi connectivity index (χ1) is 5.81. The molecule has 0 aliphatic carbocycles. The second kappa shape index (κ2) is 2.46. The first-order valence-corrected chi connectivity index (χ1v) is 3.58. The van der Waals surface area contributed by atoms with Crippen LogP contribution in [0.25, 0.3) is 5.65 Å². The van der Waals surface area contributed by atoms with Crippen LogP contribution in [-0.2, 0) is 0 Å². The summed E-state index contributed by atoms with van der Waals surface area (Å²) >= 11 is 0. The van der Waals surface area contributed by atoms with Crippen LogP contribution in [0.3, 0.4) is 0 Å². The standard InChI is InChI=1S/C7H9N5/c1-5-2-6-9-4-10-12(6)7(3-5)11-8/h2-4,11H,8H2,1H3. The Bertz CT molecular complexity index is 405. The quantitative estimate of drug-likeness (QED) is 0.469. The number of hydrogen-bond donors (Lipinski definition) is 2. The van der Waals surface area contributed by atoms with E-state index in [1.54, 1.807) is 4.52 Å². The Labute approximate surface area is 69.2 Å². The summed E-state index contributed by atoms with van der Waals surface area (Å²) in [4.78, 5) is 4.04. The van der Waals surface area contributed by atoms with E-state index in [9.17, 15) is 0 Å². The van der Waals surface area contributed by atoms with Crippen molar-refractivity contribution in [1.29, 1.82) is 0 Å². The number of rotatable bonds is 1. The van der Waals surface area contributed by atoms with Gasteiger partial charge in [-0.1, -0.05) is 0 Å². The van der Waals surface area contributed by atoms with Crippen molar-refractivity contribution in [3.63, 3.8) is 0 Å². The predicted molar refractivity (Wildman–Crippen MR) is 45.5 cm³/mol. The minimum absolute atomic E-state index is 0.738. The number of nitrogens with two attached hydrogens (primary N) is 1. The second-order valence-corrected chi connectivity index (χ2v) is 2.59. The van der Waals surface area contributed by atoms with Crippen molar-refractivity contribution in [3.8, 4) is 0 Å². The van der Waals surface area contributed by atoms with Gasteiger partial charge >= 0.3 is 0 Å². The number of anilines is 1. The Balaban J connectivity index is 2.80. The van der Waals surface area contributed by atoms with E-state index >= 15 is 0 Å². The molecule has 2 rings (SSSR count). The molecule has 2 heterocycles. The maximum Gasteiger partial charge on any atom is 0.157 e. The lowest BCUT2D eigenvalue weighted by atomic mass is 10.3. The van der Waals surface area contributed by atoms with Gasteiger partial charge in [-0.2, -0.15) is 9.61 Å². The van der Waals surface area contributed by atoms with Crippen LogP contribution in [0.1, 0.15) is 5.56 Å². The highest BCUT2D eigenvalue weighted by Gasteiger charge is 2.00. The first-order valence-electron chi connectivity index (χ1n) is 3.58. The molecule has 5 nitrogen and oxygen atoms in total. The van der Waals surface area contributed by atoms with Crippen molar-refractivity contribution >= 4 is 11.5 Å². The molecular weight excluding hydrogens is 154 g/mol. The van der Waals surface area contributed by atoms with Gasteiger partial charge in [0.05, 0.1) is 0 Å². The van der Waals surface area contributed by atoms with Crippen LogP contribution in [0.2, 0.25) is 0 Å². The number of pyridine rings is 1. The fourth-order valence-corrected chi connectivity index (χ4v) is 1.16. The molecule has 0 aromatic carbocycles. The maximum atomic E-state index is 5.31. The van der Waals surface area contributed by atoms with Gasteiger partial charge < -0.3 is 5.43 Å². The van der Waals surface area contributed by atoms with E-state index in [0.29, 0.717) is 0 Å². The summed E-state index contributed by atoms with van der Waals surface area (Å²) in [6.45, 7) is 1.98. The third-order valence-electron chi connectivity index (χ3n) is 1.67. The van der Waals surface area contributed by atoms with Gasteiger partial charge in [-0.05, 0) is 24.6 Å². The number of nitrogens with one attached hydrogen (secondary N) is 1. The number of hydrazine groups is 1. The number of hydrogen-bond acceptors (Lipinski definition) is 4. The zero-order chi connectivity index (χ0) is 8.55. The van der Waals surface area contributed by atoms with Crippen LogP contribution < -0.4 is 11.3 Å². The molecule has 0 amide bonds. The summed E-state index contributed by atoms with van der Waals surface area (Å²) in [5.74, 6) is 6.04.